The van der Waals surface area contributed by atoms with Crippen LogP contribution in [0.4, 0.5) is 0 Å². The Morgan fingerprint density at radius 2 is 1.65 bits per heavy atom. The molecule has 0 amide bonds. The van der Waals surface area contributed by atoms with E-state index in [2.05, 4.69) is 43.3 Å². The lowest BCUT2D eigenvalue weighted by Gasteiger charge is -2.06. The lowest BCUT2D eigenvalue weighted by atomic mass is 10.0. The van der Waals surface area contributed by atoms with E-state index < -0.39 is 0 Å². The average Bonchev–Trinajstić information content (AvgIpc) is 3.01. The van der Waals surface area contributed by atoms with E-state index in [0.29, 0.717) is 10.9 Å². The summed E-state index contributed by atoms with van der Waals surface area (Å²) >= 11 is 0. The summed E-state index contributed by atoms with van der Waals surface area (Å²) in [5, 5.41) is 2.85. The average molecular weight is 285 g/mol. The van der Waals surface area contributed by atoms with Crippen LogP contribution >= 0.6 is 0 Å². The Balaban J connectivity index is 1.79. The summed E-state index contributed by atoms with van der Waals surface area (Å²) in [5.41, 5.74) is 1.50. The quantitative estimate of drug-likeness (QED) is 0.513. The zero-order valence-corrected chi connectivity index (χ0v) is 13.3. The summed E-state index contributed by atoms with van der Waals surface area (Å²) < 4.78 is 0. The zero-order valence-electron chi connectivity index (χ0n) is 12.5. The molecule has 1 heteroatoms. The van der Waals surface area contributed by atoms with E-state index in [4.69, 9.17) is 0 Å². The van der Waals surface area contributed by atoms with Gasteiger partial charge in [0.15, 0.2) is 4.90 Å². The molecule has 20 heavy (non-hydrogen) atoms. The molecule has 0 nitrogen and oxygen atoms in total. The van der Waals surface area contributed by atoms with Crippen LogP contribution in [0.1, 0.15) is 44.6 Å². The Hall–Kier alpha value is -0.950. The molecule has 2 aromatic rings. The van der Waals surface area contributed by atoms with Crippen molar-refractivity contribution in [3.63, 3.8) is 0 Å². The minimum absolute atomic E-state index is 0.542. The van der Waals surface area contributed by atoms with Gasteiger partial charge in [0.05, 0.1) is 0 Å². The molecule has 1 heterocycles. The van der Waals surface area contributed by atoms with Gasteiger partial charge in [0.1, 0.15) is 11.5 Å². The van der Waals surface area contributed by atoms with Gasteiger partial charge in [0.2, 0.25) is 0 Å². The van der Waals surface area contributed by atoms with Gasteiger partial charge in [-0.3, -0.25) is 0 Å². The van der Waals surface area contributed by atoms with Gasteiger partial charge in [-0.25, -0.2) is 0 Å². The number of benzene rings is 2. The van der Waals surface area contributed by atoms with Gasteiger partial charge in [-0.2, -0.15) is 0 Å². The van der Waals surface area contributed by atoms with E-state index in [1.807, 2.05) is 0 Å². The lowest BCUT2D eigenvalue weighted by Crippen LogP contribution is -2.03. The number of fused-ring (bicyclic) bond motifs is 1. The highest BCUT2D eigenvalue weighted by atomic mass is 32.2. The molecule has 0 bridgehead atoms. The first-order chi connectivity index (χ1) is 9.86. The third-order valence-electron chi connectivity index (χ3n) is 4.31. The molecule has 0 radical (unpaired) electrons. The first-order valence-electron chi connectivity index (χ1n) is 8.07. The van der Waals surface area contributed by atoms with Gasteiger partial charge in [-0.15, -0.1) is 0 Å². The van der Waals surface area contributed by atoms with E-state index in [9.17, 15) is 0 Å². The van der Waals surface area contributed by atoms with Crippen LogP contribution in [-0.4, -0.2) is 11.5 Å². The van der Waals surface area contributed by atoms with Crippen molar-refractivity contribution in [2.45, 2.75) is 50.3 Å². The maximum atomic E-state index is 2.44. The molecule has 3 rings (SSSR count). The molecule has 106 valence electrons. The van der Waals surface area contributed by atoms with Crippen molar-refractivity contribution in [1.29, 1.82) is 0 Å². The van der Waals surface area contributed by atoms with Crippen LogP contribution in [0.5, 0.6) is 0 Å². The largest absolute Gasteiger partial charge is 0.155 e. The summed E-state index contributed by atoms with van der Waals surface area (Å²) in [6.45, 7) is 2.27. The van der Waals surface area contributed by atoms with Crippen LogP contribution in [0.15, 0.2) is 41.3 Å². The fourth-order valence-electron chi connectivity index (χ4n) is 3.08. The number of hydrogen-bond acceptors (Lipinski definition) is 0. The molecule has 1 saturated heterocycles. The van der Waals surface area contributed by atoms with Crippen molar-refractivity contribution in [1.82, 2.24) is 0 Å². The van der Waals surface area contributed by atoms with Gasteiger partial charge in [0, 0.05) is 17.0 Å². The molecule has 0 aromatic heterocycles. The summed E-state index contributed by atoms with van der Waals surface area (Å²) in [5.74, 6) is 2.83. The molecular formula is C19H25S+. The zero-order chi connectivity index (χ0) is 13.8. The molecule has 0 N–H and O–H groups in total. The molecule has 0 unspecified atom stereocenters. The van der Waals surface area contributed by atoms with Crippen molar-refractivity contribution in [3.05, 3.63) is 42.0 Å². The predicted molar refractivity (Wildman–Crippen MR) is 91.8 cm³/mol. The molecule has 0 atom stereocenters. The van der Waals surface area contributed by atoms with Crippen LogP contribution in [0.25, 0.3) is 10.8 Å². The third-order valence-corrected chi connectivity index (χ3v) is 6.79. The lowest BCUT2D eigenvalue weighted by molar-refractivity contribution is 0.718. The number of rotatable bonds is 5. The number of hydrogen-bond donors (Lipinski definition) is 0. The molecule has 2 aromatic carbocycles. The second kappa shape index (κ2) is 6.67. The van der Waals surface area contributed by atoms with Gasteiger partial charge < -0.3 is 0 Å². The Labute approximate surface area is 125 Å². The molecule has 0 aliphatic carbocycles. The Bertz CT molecular complexity index is 567. The second-order valence-electron chi connectivity index (χ2n) is 5.91. The predicted octanol–water partition coefficient (Wildman–Crippen LogP) is 5.34. The van der Waals surface area contributed by atoms with Crippen LogP contribution < -0.4 is 0 Å². The van der Waals surface area contributed by atoms with Crippen molar-refractivity contribution in [2.75, 3.05) is 11.5 Å². The fourth-order valence-corrected chi connectivity index (χ4v) is 5.41. The third kappa shape index (κ3) is 3.20. The minimum atomic E-state index is 0.542. The summed E-state index contributed by atoms with van der Waals surface area (Å²) in [7, 11) is 0.542. The SMILES string of the molecule is CCCCCc1ccc2cc([S+]3CCCC3)ccc2c1. The van der Waals surface area contributed by atoms with Gasteiger partial charge in [-0.1, -0.05) is 38.0 Å². The van der Waals surface area contributed by atoms with Crippen LogP contribution in [0.2, 0.25) is 0 Å². The van der Waals surface area contributed by atoms with Gasteiger partial charge in [-0.05, 0) is 54.2 Å². The number of aryl methyl sites for hydroxylation is 1. The normalized spacial score (nSPS) is 16.1. The van der Waals surface area contributed by atoms with Crippen molar-refractivity contribution >= 4 is 21.7 Å². The first kappa shape index (κ1) is 14.0. The van der Waals surface area contributed by atoms with E-state index in [1.165, 1.54) is 66.4 Å². The topological polar surface area (TPSA) is 0 Å². The van der Waals surface area contributed by atoms with Gasteiger partial charge in [0.25, 0.3) is 0 Å². The Morgan fingerprint density at radius 3 is 2.45 bits per heavy atom. The van der Waals surface area contributed by atoms with Crippen molar-refractivity contribution in [2.24, 2.45) is 0 Å². The highest BCUT2D eigenvalue weighted by Gasteiger charge is 2.26. The standard InChI is InChI=1S/C19H25S/c1-2-3-4-7-16-8-9-18-15-19(11-10-17(18)14-16)20-12-5-6-13-20/h8-11,14-15H,2-7,12-13H2,1H3/q+1. The van der Waals surface area contributed by atoms with E-state index >= 15 is 0 Å². The minimum Gasteiger partial charge on any atom is -0.0654 e. The van der Waals surface area contributed by atoms with Crippen LogP contribution in [-0.2, 0) is 17.3 Å². The summed E-state index contributed by atoms with van der Waals surface area (Å²) in [6, 6.07) is 14.2. The Kier molecular flexibility index (Phi) is 4.67. The van der Waals surface area contributed by atoms with Crippen molar-refractivity contribution in [3.8, 4) is 0 Å². The monoisotopic (exact) mass is 285 g/mol. The molecule has 1 aliphatic heterocycles. The summed E-state index contributed by atoms with van der Waals surface area (Å²) in [4.78, 5) is 1.59. The van der Waals surface area contributed by atoms with Gasteiger partial charge >= 0.3 is 0 Å². The fraction of sp³-hybridized carbons (Fsp3) is 0.474. The maximum absolute atomic E-state index is 2.44. The van der Waals surface area contributed by atoms with Crippen LogP contribution in [0.3, 0.4) is 0 Å². The van der Waals surface area contributed by atoms with Crippen molar-refractivity contribution < 1.29 is 0 Å². The molecule has 1 fully saturated rings. The van der Waals surface area contributed by atoms with Crippen LogP contribution in [0, 0.1) is 0 Å². The van der Waals surface area contributed by atoms with E-state index in [-0.39, 0.29) is 0 Å². The molecule has 0 spiro atoms. The number of unbranched alkanes of at least 4 members (excludes halogenated alkanes) is 2. The highest BCUT2D eigenvalue weighted by Crippen LogP contribution is 2.27. The van der Waals surface area contributed by atoms with E-state index in [1.54, 1.807) is 4.90 Å². The second-order valence-corrected chi connectivity index (χ2v) is 8.18. The molecule has 1 aliphatic rings. The highest BCUT2D eigenvalue weighted by molar-refractivity contribution is 7.97. The van der Waals surface area contributed by atoms with E-state index in [0.717, 1.165) is 0 Å². The Morgan fingerprint density at radius 1 is 0.900 bits per heavy atom. The maximum Gasteiger partial charge on any atom is 0.155 e. The molecular weight excluding hydrogens is 260 g/mol. The first-order valence-corrected chi connectivity index (χ1v) is 9.63. The molecule has 0 saturated carbocycles. The summed E-state index contributed by atoms with van der Waals surface area (Å²) in [6.07, 6.45) is 8.06. The smallest absolute Gasteiger partial charge is 0.0654 e.